The van der Waals surface area contributed by atoms with Gasteiger partial charge >= 0.3 is 11.3 Å². The Morgan fingerprint density at radius 1 is 1.08 bits per heavy atom. The van der Waals surface area contributed by atoms with Gasteiger partial charge in [-0.1, -0.05) is 70.0 Å². The number of carbonyl (C=O) groups is 3. The summed E-state index contributed by atoms with van der Waals surface area (Å²) in [5.41, 5.74) is 3.32. The topological polar surface area (TPSA) is 103 Å². The Kier molecular flexibility index (Phi) is 15.3. The Bertz CT molecular complexity index is 1440. The van der Waals surface area contributed by atoms with E-state index in [2.05, 4.69) is 43.5 Å². The SMILES string of the molecule is CCCC(CCC)N(C)C(=O)CN1C[C@H](c2cc3c(c(C4CCC4)c2)OCO3)C[C@@H]1CCN1CCN(C)C1=O.Cc1ccccc1F.O=C(O)S. The molecule has 3 heterocycles. The van der Waals surface area contributed by atoms with Crippen molar-refractivity contribution in [2.45, 2.75) is 102 Å². The number of benzene rings is 2. The predicted octanol–water partition coefficient (Wildman–Crippen LogP) is 7.75. The fourth-order valence-corrected chi connectivity index (χ4v) is 7.49. The average Bonchev–Trinajstić information content (AvgIpc) is 3.79. The van der Waals surface area contributed by atoms with Crippen LogP contribution in [-0.4, -0.2) is 108 Å². The van der Waals surface area contributed by atoms with Crippen LogP contribution in [0.25, 0.3) is 0 Å². The molecule has 2 aromatic carbocycles. The van der Waals surface area contributed by atoms with Crippen molar-refractivity contribution in [3.8, 4) is 11.5 Å². The number of fused-ring (bicyclic) bond motifs is 1. The lowest BCUT2D eigenvalue weighted by atomic mass is 9.78. The molecule has 3 fully saturated rings. The van der Waals surface area contributed by atoms with Gasteiger partial charge < -0.3 is 29.3 Å². The molecule has 0 unspecified atom stereocenters. The van der Waals surface area contributed by atoms with Gasteiger partial charge in [-0.15, -0.1) is 0 Å². The Morgan fingerprint density at radius 2 is 1.76 bits per heavy atom. The third kappa shape index (κ3) is 11.0. The molecule has 0 spiro atoms. The van der Waals surface area contributed by atoms with Gasteiger partial charge in [-0.3, -0.25) is 9.69 Å². The van der Waals surface area contributed by atoms with Crippen LogP contribution in [0.5, 0.6) is 11.5 Å². The van der Waals surface area contributed by atoms with Crippen LogP contribution < -0.4 is 9.47 Å². The first-order valence-electron chi connectivity index (χ1n) is 18.5. The molecule has 282 valence electrons. The lowest BCUT2D eigenvalue weighted by Gasteiger charge is -2.32. The lowest BCUT2D eigenvalue weighted by molar-refractivity contribution is -0.133. The van der Waals surface area contributed by atoms with Gasteiger partial charge in [0.25, 0.3) is 0 Å². The van der Waals surface area contributed by atoms with E-state index in [1.54, 1.807) is 24.0 Å². The molecule has 2 aromatic rings. The van der Waals surface area contributed by atoms with Crippen LogP contribution in [0.4, 0.5) is 14.0 Å². The van der Waals surface area contributed by atoms with E-state index in [0.29, 0.717) is 36.8 Å². The molecular weight excluding hydrogens is 672 g/mol. The van der Waals surface area contributed by atoms with Crippen molar-refractivity contribution in [1.82, 2.24) is 19.6 Å². The third-order valence-electron chi connectivity index (χ3n) is 10.7. The maximum atomic E-state index is 13.6. The lowest BCUT2D eigenvalue weighted by Crippen LogP contribution is -2.45. The summed E-state index contributed by atoms with van der Waals surface area (Å²) in [6, 6.07) is 11.9. The molecule has 4 aliphatic rings. The second-order valence-electron chi connectivity index (χ2n) is 14.2. The van der Waals surface area contributed by atoms with Crippen molar-refractivity contribution in [2.75, 3.05) is 53.6 Å². The van der Waals surface area contributed by atoms with Crippen molar-refractivity contribution >= 4 is 29.9 Å². The Labute approximate surface area is 308 Å². The minimum Gasteiger partial charge on any atom is -0.473 e. The minimum absolute atomic E-state index is 0.120. The number of likely N-dealkylation sites (N-methyl/N-ethyl adjacent to an activating group) is 2. The number of ether oxygens (including phenoxy) is 2. The molecule has 0 bridgehead atoms. The number of likely N-dealkylation sites (tertiary alicyclic amines) is 1. The molecule has 0 radical (unpaired) electrons. The summed E-state index contributed by atoms with van der Waals surface area (Å²) in [6.45, 7) is 10.0. The number of amides is 3. The number of rotatable bonds is 12. The molecule has 0 aromatic heterocycles. The second kappa shape index (κ2) is 19.4. The van der Waals surface area contributed by atoms with Crippen LogP contribution in [0, 0.1) is 12.7 Å². The Morgan fingerprint density at radius 3 is 2.31 bits per heavy atom. The van der Waals surface area contributed by atoms with Gasteiger partial charge in [0, 0.05) is 57.9 Å². The Balaban J connectivity index is 0.000000414. The zero-order valence-electron chi connectivity index (χ0n) is 31.0. The molecule has 6 rings (SSSR count). The van der Waals surface area contributed by atoms with Gasteiger partial charge in [-0.2, -0.15) is 0 Å². The van der Waals surface area contributed by atoms with Crippen molar-refractivity contribution < 1.29 is 33.4 Å². The van der Waals surface area contributed by atoms with E-state index in [4.69, 9.17) is 19.4 Å². The largest absolute Gasteiger partial charge is 0.473 e. The van der Waals surface area contributed by atoms with Crippen LogP contribution in [0.3, 0.4) is 0 Å². The van der Waals surface area contributed by atoms with Gasteiger partial charge in [-0.05, 0) is 80.5 Å². The van der Waals surface area contributed by atoms with E-state index in [-0.39, 0.29) is 23.8 Å². The van der Waals surface area contributed by atoms with Gasteiger partial charge in [0.15, 0.2) is 11.5 Å². The van der Waals surface area contributed by atoms with E-state index in [0.717, 1.165) is 76.2 Å². The number of halogens is 1. The Hall–Kier alpha value is -3.51. The number of hydrogen-bond donors (Lipinski definition) is 2. The quantitative estimate of drug-likeness (QED) is 0.216. The highest BCUT2D eigenvalue weighted by molar-refractivity contribution is 7.96. The highest BCUT2D eigenvalue weighted by Gasteiger charge is 2.38. The van der Waals surface area contributed by atoms with Crippen molar-refractivity contribution in [2.24, 2.45) is 0 Å². The van der Waals surface area contributed by atoms with Crippen molar-refractivity contribution in [1.29, 1.82) is 0 Å². The molecule has 3 amide bonds. The summed E-state index contributed by atoms with van der Waals surface area (Å²) < 4.78 is 24.1. The van der Waals surface area contributed by atoms with Crippen LogP contribution in [0.2, 0.25) is 0 Å². The third-order valence-corrected chi connectivity index (χ3v) is 10.7. The molecule has 3 aliphatic heterocycles. The molecule has 1 saturated carbocycles. The molecule has 10 nitrogen and oxygen atoms in total. The molecule has 2 atom stereocenters. The molecule has 12 heteroatoms. The first-order chi connectivity index (χ1) is 24.4. The summed E-state index contributed by atoms with van der Waals surface area (Å²) in [4.78, 5) is 43.1. The van der Waals surface area contributed by atoms with Crippen LogP contribution in [0.15, 0.2) is 36.4 Å². The number of aryl methyl sites for hydroxylation is 1. The van der Waals surface area contributed by atoms with Crippen molar-refractivity contribution in [3.05, 3.63) is 58.9 Å². The predicted molar refractivity (Wildman–Crippen MR) is 201 cm³/mol. The number of carboxylic acid groups (broad SMARTS) is 1. The van der Waals surface area contributed by atoms with E-state index < -0.39 is 5.30 Å². The smallest absolute Gasteiger partial charge is 0.361 e. The zero-order chi connectivity index (χ0) is 37.1. The standard InChI is InChI=1S/C31H48N4O4.C7H7F.CH2O2S/c1-5-8-25(9-6-2)33(4)29(36)20-35-19-24(16-26(35)12-13-34-15-14-32(3)31(34)37)23-17-27(22-10-7-11-22)30-28(18-23)38-21-39-30;1-6-4-2-3-5-7(6)8;2-1(3)4/h17-18,22,24-26H,5-16,19-21H2,1-4H3;2-5H,1H3;4H,(H,2,3)/t24-,26+;;/m1../s1. The van der Waals surface area contributed by atoms with Crippen LogP contribution in [0.1, 0.15) is 100 Å². The van der Waals surface area contributed by atoms with Crippen LogP contribution in [-0.2, 0) is 4.79 Å². The molecule has 51 heavy (non-hydrogen) atoms. The van der Waals surface area contributed by atoms with Crippen LogP contribution >= 0.6 is 12.6 Å². The number of nitrogens with zero attached hydrogens (tertiary/aromatic N) is 4. The van der Waals surface area contributed by atoms with Gasteiger partial charge in [0.05, 0.1) is 6.54 Å². The number of hydrogen-bond acceptors (Lipinski definition) is 6. The molecule has 1 aliphatic carbocycles. The summed E-state index contributed by atoms with van der Waals surface area (Å²) >= 11 is 2.88. The summed E-state index contributed by atoms with van der Waals surface area (Å²) in [7, 11) is 3.86. The van der Waals surface area contributed by atoms with Gasteiger partial charge in [0.2, 0.25) is 12.7 Å². The number of urea groups is 1. The average molecular weight is 729 g/mol. The zero-order valence-corrected chi connectivity index (χ0v) is 31.9. The van der Waals surface area contributed by atoms with Gasteiger partial charge in [-0.25, -0.2) is 14.0 Å². The number of thiol groups is 1. The van der Waals surface area contributed by atoms with E-state index in [1.165, 1.54) is 36.5 Å². The fourth-order valence-electron chi connectivity index (χ4n) is 7.49. The molecule has 2 saturated heterocycles. The second-order valence-corrected chi connectivity index (χ2v) is 14.6. The first-order valence-corrected chi connectivity index (χ1v) is 18.9. The number of carbonyl (C=O) groups excluding carboxylic acids is 2. The van der Waals surface area contributed by atoms with E-state index >= 15 is 0 Å². The van der Waals surface area contributed by atoms with Gasteiger partial charge in [0.1, 0.15) is 5.82 Å². The van der Waals surface area contributed by atoms with Crippen molar-refractivity contribution in [3.63, 3.8) is 0 Å². The minimum atomic E-state index is -1.14. The molecular formula is C39H57FN4O6S. The summed E-state index contributed by atoms with van der Waals surface area (Å²) in [5, 5.41) is 6.14. The van der Waals surface area contributed by atoms with E-state index in [1.807, 2.05) is 30.0 Å². The maximum Gasteiger partial charge on any atom is 0.361 e. The summed E-state index contributed by atoms with van der Waals surface area (Å²) in [5.74, 6) is 2.81. The van der Waals surface area contributed by atoms with E-state index in [9.17, 15) is 14.0 Å². The highest BCUT2D eigenvalue weighted by Crippen LogP contribution is 2.49. The monoisotopic (exact) mass is 728 g/mol. The maximum absolute atomic E-state index is 13.6. The fraction of sp³-hybridized carbons (Fsp3) is 0.615. The highest BCUT2D eigenvalue weighted by atomic mass is 32.1. The first kappa shape index (κ1) is 40.3. The normalized spacial score (nSPS) is 19.7. The summed E-state index contributed by atoms with van der Waals surface area (Å²) in [6.07, 6.45) is 9.86. The molecule has 1 N–H and O–H groups in total.